The van der Waals surface area contributed by atoms with Gasteiger partial charge in [-0.1, -0.05) is 78.9 Å². The molecule has 3 heteroatoms. The number of rotatable bonds is 4. The Morgan fingerprint density at radius 1 is 0.741 bits per heavy atom. The van der Waals surface area contributed by atoms with Crippen LogP contribution in [-0.2, 0) is 4.79 Å². The van der Waals surface area contributed by atoms with Gasteiger partial charge >= 0.3 is 0 Å². The number of carbonyl (C=O) groups excluding carboxylic acids is 1. The van der Waals surface area contributed by atoms with E-state index in [1.807, 2.05) is 84.9 Å². The summed E-state index contributed by atoms with van der Waals surface area (Å²) < 4.78 is 0. The van der Waals surface area contributed by atoms with Gasteiger partial charge in [-0.2, -0.15) is 0 Å². The van der Waals surface area contributed by atoms with E-state index in [9.17, 15) is 9.90 Å². The molecule has 3 nitrogen and oxygen atoms in total. The molecule has 4 aromatic rings. The second-order valence-corrected chi connectivity index (χ2v) is 6.45. The number of anilines is 1. The number of aromatic hydroxyl groups is 1. The molecule has 0 heterocycles. The van der Waals surface area contributed by atoms with Crippen molar-refractivity contribution in [1.29, 1.82) is 0 Å². The van der Waals surface area contributed by atoms with E-state index in [1.165, 1.54) is 0 Å². The SMILES string of the molecule is O=C(Nc1cccc2ccc(O)cc12)C(c1ccccc1)c1ccccc1. The zero-order valence-electron chi connectivity index (χ0n) is 14.7. The lowest BCUT2D eigenvalue weighted by Gasteiger charge is -2.19. The van der Waals surface area contributed by atoms with Crippen LogP contribution >= 0.6 is 0 Å². The topological polar surface area (TPSA) is 49.3 Å². The van der Waals surface area contributed by atoms with Crippen molar-refractivity contribution >= 4 is 22.4 Å². The summed E-state index contributed by atoms with van der Waals surface area (Å²) in [6.07, 6.45) is 0. The van der Waals surface area contributed by atoms with Gasteiger partial charge in [0.15, 0.2) is 0 Å². The number of nitrogens with one attached hydrogen (secondary N) is 1. The highest BCUT2D eigenvalue weighted by Crippen LogP contribution is 2.30. The Kier molecular flexibility index (Phi) is 4.58. The van der Waals surface area contributed by atoms with Crippen LogP contribution in [0, 0.1) is 0 Å². The van der Waals surface area contributed by atoms with Crippen LogP contribution in [0.2, 0.25) is 0 Å². The van der Waals surface area contributed by atoms with Crippen LogP contribution < -0.4 is 5.32 Å². The fourth-order valence-corrected chi connectivity index (χ4v) is 3.36. The zero-order valence-corrected chi connectivity index (χ0v) is 14.7. The summed E-state index contributed by atoms with van der Waals surface area (Å²) in [4.78, 5) is 13.3. The molecule has 0 radical (unpaired) electrons. The van der Waals surface area contributed by atoms with Crippen molar-refractivity contribution in [2.45, 2.75) is 5.92 Å². The second-order valence-electron chi connectivity index (χ2n) is 6.45. The van der Waals surface area contributed by atoms with Crippen LogP contribution in [0.5, 0.6) is 5.75 Å². The summed E-state index contributed by atoms with van der Waals surface area (Å²) in [5, 5.41) is 14.7. The Morgan fingerprint density at radius 2 is 1.37 bits per heavy atom. The predicted molar refractivity (Wildman–Crippen MR) is 109 cm³/mol. The molecule has 0 aliphatic heterocycles. The average Bonchev–Trinajstić information content (AvgIpc) is 2.70. The highest BCUT2D eigenvalue weighted by Gasteiger charge is 2.23. The smallest absolute Gasteiger partial charge is 0.236 e. The molecule has 27 heavy (non-hydrogen) atoms. The molecule has 4 rings (SSSR count). The van der Waals surface area contributed by atoms with Gasteiger partial charge in [0.1, 0.15) is 5.75 Å². The first-order chi connectivity index (χ1) is 13.2. The first kappa shape index (κ1) is 16.9. The third-order valence-corrected chi connectivity index (χ3v) is 4.65. The van der Waals surface area contributed by atoms with Crippen molar-refractivity contribution in [1.82, 2.24) is 0 Å². The van der Waals surface area contributed by atoms with Gasteiger partial charge < -0.3 is 10.4 Å². The molecular formula is C24H19NO2. The normalized spacial score (nSPS) is 10.9. The molecular weight excluding hydrogens is 334 g/mol. The van der Waals surface area contributed by atoms with E-state index in [4.69, 9.17) is 0 Å². The van der Waals surface area contributed by atoms with Crippen LogP contribution in [0.25, 0.3) is 10.8 Å². The van der Waals surface area contributed by atoms with Crippen molar-refractivity contribution in [3.63, 3.8) is 0 Å². The van der Waals surface area contributed by atoms with Crippen LogP contribution in [-0.4, -0.2) is 11.0 Å². The van der Waals surface area contributed by atoms with E-state index in [-0.39, 0.29) is 11.7 Å². The Bertz CT molecular complexity index is 1040. The largest absolute Gasteiger partial charge is 0.508 e. The summed E-state index contributed by atoms with van der Waals surface area (Å²) >= 11 is 0. The molecule has 0 aromatic heterocycles. The Labute approximate surface area is 157 Å². The van der Waals surface area contributed by atoms with Crippen molar-refractivity contribution in [2.24, 2.45) is 0 Å². The van der Waals surface area contributed by atoms with E-state index < -0.39 is 5.92 Å². The lowest BCUT2D eigenvalue weighted by molar-refractivity contribution is -0.116. The number of carbonyl (C=O) groups is 1. The van der Waals surface area contributed by atoms with Crippen molar-refractivity contribution in [3.8, 4) is 5.75 Å². The number of fused-ring (bicyclic) bond motifs is 1. The van der Waals surface area contributed by atoms with E-state index >= 15 is 0 Å². The first-order valence-corrected chi connectivity index (χ1v) is 8.85. The minimum absolute atomic E-state index is 0.108. The van der Waals surface area contributed by atoms with Gasteiger partial charge in [-0.25, -0.2) is 0 Å². The van der Waals surface area contributed by atoms with Crippen molar-refractivity contribution < 1.29 is 9.90 Å². The monoisotopic (exact) mass is 353 g/mol. The minimum Gasteiger partial charge on any atom is -0.508 e. The Morgan fingerprint density at radius 3 is 2.00 bits per heavy atom. The third kappa shape index (κ3) is 3.53. The number of phenolic OH excluding ortho intramolecular Hbond substituents is 1. The molecule has 0 unspecified atom stereocenters. The van der Waals surface area contributed by atoms with Crippen LogP contribution in [0.1, 0.15) is 17.0 Å². The quantitative estimate of drug-likeness (QED) is 0.522. The molecule has 2 N–H and O–H groups in total. The van der Waals surface area contributed by atoms with Crippen molar-refractivity contribution in [3.05, 3.63) is 108 Å². The van der Waals surface area contributed by atoms with E-state index in [0.717, 1.165) is 21.9 Å². The van der Waals surface area contributed by atoms with Gasteiger partial charge in [-0.05, 0) is 34.7 Å². The predicted octanol–water partition coefficient (Wildman–Crippen LogP) is 5.32. The fourth-order valence-electron chi connectivity index (χ4n) is 3.36. The molecule has 132 valence electrons. The van der Waals surface area contributed by atoms with Gasteiger partial charge in [-0.3, -0.25) is 4.79 Å². The fraction of sp³-hybridized carbons (Fsp3) is 0.0417. The molecule has 0 saturated carbocycles. The number of phenols is 1. The summed E-state index contributed by atoms with van der Waals surface area (Å²) in [6, 6.07) is 30.4. The number of hydrogen-bond acceptors (Lipinski definition) is 2. The molecule has 0 bridgehead atoms. The Balaban J connectivity index is 1.74. The molecule has 0 atom stereocenters. The number of benzene rings is 4. The molecule has 4 aromatic carbocycles. The van der Waals surface area contributed by atoms with Gasteiger partial charge in [0.05, 0.1) is 5.92 Å². The molecule has 1 amide bonds. The van der Waals surface area contributed by atoms with Crippen LogP contribution in [0.15, 0.2) is 97.1 Å². The van der Waals surface area contributed by atoms with Gasteiger partial charge in [0.2, 0.25) is 5.91 Å². The summed E-state index contributed by atoms with van der Waals surface area (Å²) in [5.41, 5.74) is 2.55. The maximum absolute atomic E-state index is 13.3. The molecule has 0 saturated heterocycles. The first-order valence-electron chi connectivity index (χ1n) is 8.85. The summed E-state index contributed by atoms with van der Waals surface area (Å²) in [7, 11) is 0. The van der Waals surface area contributed by atoms with E-state index in [2.05, 4.69) is 5.32 Å². The van der Waals surface area contributed by atoms with Gasteiger partial charge in [-0.15, -0.1) is 0 Å². The summed E-state index contributed by atoms with van der Waals surface area (Å²) in [6.45, 7) is 0. The average molecular weight is 353 g/mol. The number of amides is 1. The highest BCUT2D eigenvalue weighted by molar-refractivity contribution is 6.05. The molecule has 0 spiro atoms. The minimum atomic E-state index is -0.417. The maximum Gasteiger partial charge on any atom is 0.236 e. The summed E-state index contributed by atoms with van der Waals surface area (Å²) in [5.74, 6) is -0.352. The van der Waals surface area contributed by atoms with Crippen LogP contribution in [0.3, 0.4) is 0 Å². The molecule has 0 fully saturated rings. The Hall–Kier alpha value is -3.59. The molecule has 0 aliphatic carbocycles. The van der Waals surface area contributed by atoms with Gasteiger partial charge in [0.25, 0.3) is 0 Å². The highest BCUT2D eigenvalue weighted by atomic mass is 16.3. The number of hydrogen-bond donors (Lipinski definition) is 2. The van der Waals surface area contributed by atoms with E-state index in [0.29, 0.717) is 5.69 Å². The third-order valence-electron chi connectivity index (χ3n) is 4.65. The van der Waals surface area contributed by atoms with Crippen LogP contribution in [0.4, 0.5) is 5.69 Å². The molecule has 0 aliphatic rings. The van der Waals surface area contributed by atoms with Crippen molar-refractivity contribution in [2.75, 3.05) is 5.32 Å². The standard InChI is InChI=1S/C24H19NO2/c26-20-15-14-17-12-7-13-22(21(17)16-20)25-24(27)23(18-8-3-1-4-9-18)19-10-5-2-6-11-19/h1-16,23,26H,(H,25,27). The van der Waals surface area contributed by atoms with Gasteiger partial charge in [0, 0.05) is 11.1 Å². The maximum atomic E-state index is 13.3. The lowest BCUT2D eigenvalue weighted by Crippen LogP contribution is -2.22. The lowest BCUT2D eigenvalue weighted by atomic mass is 9.90. The van der Waals surface area contributed by atoms with E-state index in [1.54, 1.807) is 12.1 Å². The zero-order chi connectivity index (χ0) is 18.6. The second kappa shape index (κ2) is 7.34.